The SMILES string of the molecule is Fc1cc(F)c(-n2c(CCl)nc3c(Cl)cccc32)c(Cl)c1. The van der Waals surface area contributed by atoms with Crippen LogP contribution in [0.4, 0.5) is 8.78 Å². The van der Waals surface area contributed by atoms with E-state index in [0.29, 0.717) is 21.9 Å². The topological polar surface area (TPSA) is 17.8 Å². The first kappa shape index (κ1) is 14.6. The van der Waals surface area contributed by atoms with Gasteiger partial charge in [0.1, 0.15) is 22.8 Å². The van der Waals surface area contributed by atoms with E-state index in [9.17, 15) is 8.78 Å². The fraction of sp³-hybridized carbons (Fsp3) is 0.0714. The number of para-hydroxylation sites is 1. The third kappa shape index (κ3) is 2.37. The van der Waals surface area contributed by atoms with E-state index < -0.39 is 11.6 Å². The van der Waals surface area contributed by atoms with Gasteiger partial charge in [0, 0.05) is 6.07 Å². The van der Waals surface area contributed by atoms with Crippen molar-refractivity contribution in [1.29, 1.82) is 0 Å². The predicted octanol–water partition coefficient (Wildman–Crippen LogP) is 5.35. The maximum Gasteiger partial charge on any atom is 0.151 e. The molecule has 2 aromatic carbocycles. The molecule has 0 bridgehead atoms. The number of hydrogen-bond acceptors (Lipinski definition) is 1. The van der Waals surface area contributed by atoms with E-state index in [0.717, 1.165) is 12.1 Å². The van der Waals surface area contributed by atoms with Crippen LogP contribution in [0.1, 0.15) is 5.82 Å². The first-order valence-corrected chi connectivity index (χ1v) is 7.18. The average molecular weight is 348 g/mol. The number of fused-ring (bicyclic) bond motifs is 1. The lowest BCUT2D eigenvalue weighted by Crippen LogP contribution is -2.03. The van der Waals surface area contributed by atoms with Crippen molar-refractivity contribution < 1.29 is 8.78 Å². The Balaban J connectivity index is 2.42. The molecule has 0 aliphatic carbocycles. The third-order valence-corrected chi connectivity index (χ3v) is 3.86. The second kappa shape index (κ2) is 5.44. The van der Waals surface area contributed by atoms with E-state index in [-0.39, 0.29) is 16.6 Å². The Labute approximate surface area is 133 Å². The van der Waals surface area contributed by atoms with Crippen LogP contribution < -0.4 is 0 Å². The first-order chi connectivity index (χ1) is 10.0. The van der Waals surface area contributed by atoms with Gasteiger partial charge < -0.3 is 0 Å². The maximum atomic E-state index is 14.2. The molecule has 3 rings (SSSR count). The highest BCUT2D eigenvalue weighted by Crippen LogP contribution is 2.32. The summed E-state index contributed by atoms with van der Waals surface area (Å²) in [5.74, 6) is -1.16. The molecule has 0 amide bonds. The summed E-state index contributed by atoms with van der Waals surface area (Å²) >= 11 is 18.0. The second-order valence-corrected chi connectivity index (χ2v) is 5.40. The molecule has 0 saturated heterocycles. The minimum atomic E-state index is -0.800. The van der Waals surface area contributed by atoms with Crippen LogP contribution in [-0.2, 0) is 5.88 Å². The molecule has 7 heteroatoms. The summed E-state index contributed by atoms with van der Waals surface area (Å²) in [7, 11) is 0. The van der Waals surface area contributed by atoms with Crippen molar-refractivity contribution in [2.75, 3.05) is 0 Å². The molecule has 3 aromatic rings. The standard InChI is InChI=1S/C14H7Cl3F2N2/c15-6-12-20-13-8(16)2-1-3-11(13)21(12)14-9(17)4-7(18)5-10(14)19/h1-5H,6H2. The highest BCUT2D eigenvalue weighted by molar-refractivity contribution is 6.35. The fourth-order valence-corrected chi connectivity index (χ4v) is 2.87. The highest BCUT2D eigenvalue weighted by Gasteiger charge is 2.19. The Morgan fingerprint density at radius 1 is 1.10 bits per heavy atom. The Kier molecular flexibility index (Phi) is 3.78. The minimum absolute atomic E-state index is 0.00140. The molecule has 0 saturated carbocycles. The number of benzene rings is 2. The molecule has 21 heavy (non-hydrogen) atoms. The summed E-state index contributed by atoms with van der Waals surface area (Å²) in [6, 6.07) is 6.88. The normalized spacial score (nSPS) is 11.3. The lowest BCUT2D eigenvalue weighted by atomic mass is 10.2. The van der Waals surface area contributed by atoms with Crippen molar-refractivity contribution >= 4 is 45.8 Å². The quantitative estimate of drug-likeness (QED) is 0.571. The zero-order valence-electron chi connectivity index (χ0n) is 10.4. The van der Waals surface area contributed by atoms with Gasteiger partial charge in [0.05, 0.1) is 21.4 Å². The van der Waals surface area contributed by atoms with Crippen molar-refractivity contribution in [3.8, 4) is 5.69 Å². The molecule has 0 fully saturated rings. The van der Waals surface area contributed by atoms with Crippen LogP contribution in [0.15, 0.2) is 30.3 Å². The van der Waals surface area contributed by atoms with E-state index in [4.69, 9.17) is 34.8 Å². The number of rotatable bonds is 2. The summed E-state index contributed by atoms with van der Waals surface area (Å²) in [6.45, 7) is 0. The van der Waals surface area contributed by atoms with Gasteiger partial charge in [-0.2, -0.15) is 0 Å². The number of hydrogen-bond donors (Lipinski definition) is 0. The van der Waals surface area contributed by atoms with Gasteiger partial charge in [-0.3, -0.25) is 4.57 Å². The third-order valence-electron chi connectivity index (χ3n) is 3.03. The monoisotopic (exact) mass is 346 g/mol. The summed E-state index contributed by atoms with van der Waals surface area (Å²) < 4.78 is 28.8. The Morgan fingerprint density at radius 3 is 2.52 bits per heavy atom. The minimum Gasteiger partial charge on any atom is -0.291 e. The lowest BCUT2D eigenvalue weighted by Gasteiger charge is -2.11. The van der Waals surface area contributed by atoms with E-state index in [1.54, 1.807) is 18.2 Å². The molecule has 0 aliphatic rings. The average Bonchev–Trinajstić information content (AvgIpc) is 2.78. The van der Waals surface area contributed by atoms with Crippen LogP contribution in [0.3, 0.4) is 0 Å². The van der Waals surface area contributed by atoms with E-state index >= 15 is 0 Å². The zero-order valence-corrected chi connectivity index (χ0v) is 12.6. The fourth-order valence-electron chi connectivity index (χ4n) is 2.20. The molecular formula is C14H7Cl3F2N2. The molecule has 0 radical (unpaired) electrons. The van der Waals surface area contributed by atoms with Crippen LogP contribution >= 0.6 is 34.8 Å². The van der Waals surface area contributed by atoms with Crippen LogP contribution in [0, 0.1) is 11.6 Å². The number of halogens is 5. The van der Waals surface area contributed by atoms with Crippen molar-refractivity contribution in [1.82, 2.24) is 9.55 Å². The number of nitrogens with zero attached hydrogens (tertiary/aromatic N) is 2. The highest BCUT2D eigenvalue weighted by atomic mass is 35.5. The summed E-state index contributed by atoms with van der Waals surface area (Å²) in [5, 5.41) is 0.342. The number of imidazole rings is 1. The van der Waals surface area contributed by atoms with Crippen molar-refractivity contribution in [2.24, 2.45) is 0 Å². The second-order valence-electron chi connectivity index (χ2n) is 4.32. The Bertz CT molecular complexity index is 823. The molecule has 1 heterocycles. The molecule has 0 unspecified atom stereocenters. The molecule has 1 aromatic heterocycles. The van der Waals surface area contributed by atoms with E-state index in [2.05, 4.69) is 4.98 Å². The van der Waals surface area contributed by atoms with Gasteiger partial charge in [-0.25, -0.2) is 13.8 Å². The maximum absolute atomic E-state index is 14.2. The molecule has 2 nitrogen and oxygen atoms in total. The molecule has 108 valence electrons. The van der Waals surface area contributed by atoms with Crippen LogP contribution in [-0.4, -0.2) is 9.55 Å². The summed E-state index contributed by atoms with van der Waals surface area (Å²) in [6.07, 6.45) is 0. The van der Waals surface area contributed by atoms with Crippen molar-refractivity contribution in [3.05, 3.63) is 57.8 Å². The van der Waals surface area contributed by atoms with Crippen LogP contribution in [0.5, 0.6) is 0 Å². The van der Waals surface area contributed by atoms with Gasteiger partial charge in [0.15, 0.2) is 5.82 Å². The molecular weight excluding hydrogens is 341 g/mol. The summed E-state index contributed by atoms with van der Waals surface area (Å²) in [5.41, 5.74) is 1.03. The van der Waals surface area contributed by atoms with Crippen molar-refractivity contribution in [3.63, 3.8) is 0 Å². The lowest BCUT2D eigenvalue weighted by molar-refractivity contribution is 0.578. The molecule has 0 N–H and O–H groups in total. The number of alkyl halides is 1. The van der Waals surface area contributed by atoms with Crippen molar-refractivity contribution in [2.45, 2.75) is 5.88 Å². The molecule has 0 aliphatic heterocycles. The zero-order chi connectivity index (χ0) is 15.1. The van der Waals surface area contributed by atoms with Crippen LogP contribution in [0.2, 0.25) is 10.0 Å². The smallest absolute Gasteiger partial charge is 0.151 e. The van der Waals surface area contributed by atoms with Gasteiger partial charge >= 0.3 is 0 Å². The molecule has 0 atom stereocenters. The molecule has 0 spiro atoms. The van der Waals surface area contributed by atoms with Gasteiger partial charge in [-0.05, 0) is 18.2 Å². The predicted molar refractivity (Wildman–Crippen MR) is 80.6 cm³/mol. The van der Waals surface area contributed by atoms with Gasteiger partial charge in [0.25, 0.3) is 0 Å². The Morgan fingerprint density at radius 2 is 1.86 bits per heavy atom. The summed E-state index contributed by atoms with van der Waals surface area (Å²) in [4.78, 5) is 4.29. The Hall–Kier alpha value is -1.36. The van der Waals surface area contributed by atoms with E-state index in [1.165, 1.54) is 4.57 Å². The van der Waals surface area contributed by atoms with Gasteiger partial charge in [0.2, 0.25) is 0 Å². The largest absolute Gasteiger partial charge is 0.291 e. The first-order valence-electron chi connectivity index (χ1n) is 5.89. The number of aromatic nitrogens is 2. The van der Waals surface area contributed by atoms with Gasteiger partial charge in [-0.1, -0.05) is 29.3 Å². The van der Waals surface area contributed by atoms with E-state index in [1.807, 2.05) is 0 Å². The van der Waals surface area contributed by atoms with Crippen LogP contribution in [0.25, 0.3) is 16.7 Å². The van der Waals surface area contributed by atoms with Gasteiger partial charge in [-0.15, -0.1) is 11.6 Å².